The molecule has 0 aliphatic carbocycles. The molecule has 0 bridgehead atoms. The maximum Gasteiger partial charge on any atom is 0.326 e. The van der Waals surface area contributed by atoms with Crippen molar-refractivity contribution in [1.82, 2.24) is 9.55 Å². The second-order valence-electron chi connectivity index (χ2n) is 4.98. The van der Waals surface area contributed by atoms with Gasteiger partial charge in [0.15, 0.2) is 5.15 Å². The van der Waals surface area contributed by atoms with Crippen molar-refractivity contribution in [2.75, 3.05) is 0 Å². The average molecular weight is 257 g/mol. The van der Waals surface area contributed by atoms with E-state index in [2.05, 4.69) is 18.8 Å². The molecule has 0 fully saturated rings. The summed E-state index contributed by atoms with van der Waals surface area (Å²) < 4.78 is 1.84. The maximum absolute atomic E-state index is 11.3. The average Bonchev–Trinajstić information content (AvgIpc) is 2.55. The Hall–Kier alpha value is -1.03. The second-order valence-corrected chi connectivity index (χ2v) is 5.34. The van der Waals surface area contributed by atoms with Crippen LogP contribution in [0.3, 0.4) is 0 Å². The van der Waals surface area contributed by atoms with Crippen molar-refractivity contribution in [3.63, 3.8) is 0 Å². The van der Waals surface area contributed by atoms with Crippen LogP contribution in [0.15, 0.2) is 0 Å². The highest BCUT2D eigenvalue weighted by Crippen LogP contribution is 2.32. The summed E-state index contributed by atoms with van der Waals surface area (Å²) in [5, 5.41) is 9.74. The largest absolute Gasteiger partial charge is 0.480 e. The van der Waals surface area contributed by atoms with Crippen LogP contribution in [0.1, 0.15) is 44.2 Å². The zero-order valence-corrected chi connectivity index (χ0v) is 10.9. The third-order valence-corrected chi connectivity index (χ3v) is 3.42. The molecule has 4 nitrogen and oxygen atoms in total. The quantitative estimate of drug-likeness (QED) is 0.905. The fourth-order valence-electron chi connectivity index (χ4n) is 2.41. The van der Waals surface area contributed by atoms with Gasteiger partial charge in [0.25, 0.3) is 0 Å². The van der Waals surface area contributed by atoms with Crippen LogP contribution in [0.5, 0.6) is 0 Å². The third-order valence-electron chi connectivity index (χ3n) is 3.11. The minimum absolute atomic E-state index is 0.439. The molecule has 17 heavy (non-hydrogen) atoms. The fourth-order valence-corrected chi connectivity index (χ4v) is 2.70. The van der Waals surface area contributed by atoms with Gasteiger partial charge in [0.1, 0.15) is 11.9 Å². The van der Waals surface area contributed by atoms with Gasteiger partial charge in [-0.3, -0.25) is 0 Å². The van der Waals surface area contributed by atoms with Crippen LogP contribution in [-0.4, -0.2) is 20.6 Å². The number of halogens is 1. The number of aliphatic carboxylic acids is 1. The standard InChI is InChI=1S/C12H17ClN2O2/c1-7(2)6-10-14-11(13)8-4-3-5-9(12(16)17)15(8)10/h7,9H,3-6H2,1-2H3,(H,16,17). The Morgan fingerprint density at radius 1 is 1.65 bits per heavy atom. The molecule has 5 heteroatoms. The molecule has 1 aliphatic heterocycles. The van der Waals surface area contributed by atoms with Crippen molar-refractivity contribution in [2.45, 2.75) is 45.6 Å². The number of rotatable bonds is 3. The number of carbonyl (C=O) groups is 1. The number of hydrogen-bond donors (Lipinski definition) is 1. The Morgan fingerprint density at radius 3 is 2.94 bits per heavy atom. The van der Waals surface area contributed by atoms with Crippen molar-refractivity contribution in [3.8, 4) is 0 Å². The Bertz CT molecular complexity index is 440. The van der Waals surface area contributed by atoms with E-state index in [1.165, 1.54) is 0 Å². The van der Waals surface area contributed by atoms with Gasteiger partial charge in [0.2, 0.25) is 0 Å². The molecular weight excluding hydrogens is 240 g/mol. The molecule has 0 saturated carbocycles. The van der Waals surface area contributed by atoms with E-state index in [0.717, 1.165) is 30.8 Å². The van der Waals surface area contributed by atoms with E-state index in [-0.39, 0.29) is 0 Å². The van der Waals surface area contributed by atoms with Gasteiger partial charge in [-0.15, -0.1) is 0 Å². The molecule has 0 radical (unpaired) electrons. The summed E-state index contributed by atoms with van der Waals surface area (Å²) in [6.45, 7) is 4.18. The molecule has 1 aromatic heterocycles. The van der Waals surface area contributed by atoms with Crippen molar-refractivity contribution < 1.29 is 9.90 Å². The number of carboxylic acid groups (broad SMARTS) is 1. The molecule has 2 rings (SSSR count). The molecule has 2 heterocycles. The Kier molecular flexibility index (Phi) is 3.43. The molecule has 1 aliphatic rings. The lowest BCUT2D eigenvalue weighted by molar-refractivity contribution is -0.141. The number of carboxylic acids is 1. The zero-order valence-electron chi connectivity index (χ0n) is 10.1. The van der Waals surface area contributed by atoms with Crippen LogP contribution in [0, 0.1) is 5.92 Å². The van der Waals surface area contributed by atoms with Crippen LogP contribution < -0.4 is 0 Å². The van der Waals surface area contributed by atoms with Crippen molar-refractivity contribution in [1.29, 1.82) is 0 Å². The van der Waals surface area contributed by atoms with Crippen molar-refractivity contribution in [2.24, 2.45) is 5.92 Å². The van der Waals surface area contributed by atoms with Gasteiger partial charge < -0.3 is 9.67 Å². The summed E-state index contributed by atoms with van der Waals surface area (Å²) in [4.78, 5) is 15.6. The van der Waals surface area contributed by atoms with E-state index < -0.39 is 12.0 Å². The van der Waals surface area contributed by atoms with Gasteiger partial charge in [0, 0.05) is 6.42 Å². The fraction of sp³-hybridized carbons (Fsp3) is 0.667. The molecule has 1 aromatic rings. The maximum atomic E-state index is 11.3. The van der Waals surface area contributed by atoms with Gasteiger partial charge >= 0.3 is 5.97 Å². The number of imidazole rings is 1. The number of hydrogen-bond acceptors (Lipinski definition) is 2. The Balaban J connectivity index is 2.45. The summed E-state index contributed by atoms with van der Waals surface area (Å²) in [6.07, 6.45) is 3.13. The molecule has 1 N–H and O–H groups in total. The van der Waals surface area contributed by atoms with Crippen LogP contribution in [-0.2, 0) is 17.6 Å². The first-order chi connectivity index (χ1) is 8.00. The monoisotopic (exact) mass is 256 g/mol. The first-order valence-corrected chi connectivity index (χ1v) is 6.36. The van der Waals surface area contributed by atoms with Gasteiger partial charge in [-0.1, -0.05) is 25.4 Å². The topological polar surface area (TPSA) is 55.1 Å². The summed E-state index contributed by atoms with van der Waals surface area (Å²) in [7, 11) is 0. The minimum atomic E-state index is -0.787. The van der Waals surface area contributed by atoms with Crippen molar-refractivity contribution in [3.05, 3.63) is 16.7 Å². The van der Waals surface area contributed by atoms with Crippen molar-refractivity contribution >= 4 is 17.6 Å². The highest BCUT2D eigenvalue weighted by Gasteiger charge is 2.30. The first-order valence-electron chi connectivity index (χ1n) is 5.99. The highest BCUT2D eigenvalue weighted by atomic mass is 35.5. The van der Waals surface area contributed by atoms with Gasteiger partial charge in [0.05, 0.1) is 5.69 Å². The molecule has 1 unspecified atom stereocenters. The lowest BCUT2D eigenvalue weighted by Gasteiger charge is -2.24. The normalized spacial score (nSPS) is 19.4. The SMILES string of the molecule is CC(C)Cc1nc(Cl)c2n1C(C(=O)O)CCC2. The van der Waals surface area contributed by atoms with Gasteiger partial charge in [-0.2, -0.15) is 0 Å². The molecule has 0 saturated heterocycles. The zero-order chi connectivity index (χ0) is 12.6. The van der Waals surface area contributed by atoms with Crippen LogP contribution >= 0.6 is 11.6 Å². The van der Waals surface area contributed by atoms with Crippen LogP contribution in [0.4, 0.5) is 0 Å². The van der Waals surface area contributed by atoms with E-state index in [9.17, 15) is 9.90 Å². The lowest BCUT2D eigenvalue weighted by atomic mass is 10.0. The Labute approximate surface area is 106 Å². The van der Waals surface area contributed by atoms with E-state index in [1.807, 2.05) is 4.57 Å². The molecule has 94 valence electrons. The van der Waals surface area contributed by atoms with Gasteiger partial charge in [-0.05, 0) is 25.2 Å². The van der Waals surface area contributed by atoms with Crippen LogP contribution in [0.25, 0.3) is 0 Å². The molecule has 0 aromatic carbocycles. The lowest BCUT2D eigenvalue weighted by Crippen LogP contribution is -2.26. The number of fused-ring (bicyclic) bond motifs is 1. The molecule has 0 spiro atoms. The van der Waals surface area contributed by atoms with Crippen LogP contribution in [0.2, 0.25) is 5.15 Å². The van der Waals surface area contributed by atoms with E-state index in [0.29, 0.717) is 17.5 Å². The molecule has 1 atom stereocenters. The smallest absolute Gasteiger partial charge is 0.326 e. The highest BCUT2D eigenvalue weighted by molar-refractivity contribution is 6.30. The summed E-state index contributed by atoms with van der Waals surface area (Å²) in [5.74, 6) is 0.464. The van der Waals surface area contributed by atoms with E-state index in [4.69, 9.17) is 11.6 Å². The third kappa shape index (κ3) is 2.32. The number of nitrogens with zero attached hydrogens (tertiary/aromatic N) is 2. The summed E-state index contributed by atoms with van der Waals surface area (Å²) in [6, 6.07) is -0.493. The minimum Gasteiger partial charge on any atom is -0.480 e. The van der Waals surface area contributed by atoms with E-state index in [1.54, 1.807) is 0 Å². The predicted octanol–water partition coefficient (Wildman–Crippen LogP) is 2.70. The second kappa shape index (κ2) is 4.69. The van der Waals surface area contributed by atoms with E-state index >= 15 is 0 Å². The first kappa shape index (κ1) is 12.4. The number of aromatic nitrogens is 2. The molecule has 0 amide bonds. The summed E-state index contributed by atoms with van der Waals surface area (Å²) >= 11 is 6.09. The van der Waals surface area contributed by atoms with Gasteiger partial charge in [-0.25, -0.2) is 9.78 Å². The molecular formula is C12H17ClN2O2. The predicted molar refractivity (Wildman–Crippen MR) is 65.4 cm³/mol. The summed E-state index contributed by atoms with van der Waals surface area (Å²) in [5.41, 5.74) is 0.890. The Morgan fingerprint density at radius 2 is 2.35 bits per heavy atom.